The fraction of sp³-hybridized carbons (Fsp3) is 0.458. The number of carbonyl (C=O) groups is 1. The Morgan fingerprint density at radius 1 is 1.09 bits per heavy atom. The van der Waals surface area contributed by atoms with E-state index in [-0.39, 0.29) is 12.2 Å². The lowest BCUT2D eigenvalue weighted by molar-refractivity contribution is -0.0234. The monoisotopic (exact) mass is 516 g/mol. The number of fused-ring (bicyclic) bond motifs is 1. The smallest absolute Gasteiger partial charge is 0.410 e. The molecule has 0 saturated carbocycles. The number of hydrogen-bond donors (Lipinski definition) is 0. The Labute approximate surface area is 201 Å². The van der Waals surface area contributed by atoms with Crippen LogP contribution < -0.4 is 0 Å². The van der Waals surface area contributed by atoms with Crippen molar-refractivity contribution in [1.82, 2.24) is 19.9 Å². The third-order valence-electron chi connectivity index (χ3n) is 5.81. The van der Waals surface area contributed by atoms with Gasteiger partial charge in [0.15, 0.2) is 0 Å². The average Bonchev–Trinajstić information content (AvgIpc) is 3.26. The summed E-state index contributed by atoms with van der Waals surface area (Å²) in [4.78, 5) is 14.0. The average molecular weight is 517 g/mol. The van der Waals surface area contributed by atoms with Crippen molar-refractivity contribution in [2.24, 2.45) is 0 Å². The summed E-state index contributed by atoms with van der Waals surface area (Å²) in [5.74, 6) is 0. The largest absolute Gasteiger partial charge is 0.445 e. The van der Waals surface area contributed by atoms with E-state index in [1.807, 2.05) is 54.1 Å². The number of benzene rings is 2. The number of nitrogens with zero attached hydrogens (tertiary/aromatic N) is 4. The molecule has 1 aliphatic rings. The van der Waals surface area contributed by atoms with Crippen molar-refractivity contribution < 1.29 is 19.0 Å². The van der Waals surface area contributed by atoms with Gasteiger partial charge in [0.05, 0.1) is 38.0 Å². The summed E-state index contributed by atoms with van der Waals surface area (Å²) in [6, 6.07) is 13.7. The Hall–Kier alpha value is -2.49. The van der Waals surface area contributed by atoms with Crippen molar-refractivity contribution in [3.63, 3.8) is 0 Å². The minimum absolute atomic E-state index is 0.146. The number of rotatable bonds is 9. The molecule has 2 heterocycles. The van der Waals surface area contributed by atoms with Crippen LogP contribution >= 0.6 is 15.9 Å². The molecule has 0 atom stereocenters. The summed E-state index contributed by atoms with van der Waals surface area (Å²) in [6.45, 7) is 5.86. The maximum Gasteiger partial charge on any atom is 0.410 e. The number of aryl methyl sites for hydroxylation is 1. The summed E-state index contributed by atoms with van der Waals surface area (Å²) in [7, 11) is 0. The molecule has 176 valence electrons. The zero-order valence-corrected chi connectivity index (χ0v) is 20.4. The van der Waals surface area contributed by atoms with Gasteiger partial charge >= 0.3 is 6.09 Å². The first kappa shape index (κ1) is 23.7. The van der Waals surface area contributed by atoms with E-state index in [0.717, 1.165) is 39.5 Å². The Balaban J connectivity index is 1.08. The molecule has 0 spiro atoms. The van der Waals surface area contributed by atoms with Gasteiger partial charge in [-0.15, -0.1) is 5.10 Å². The van der Waals surface area contributed by atoms with E-state index in [4.69, 9.17) is 14.2 Å². The summed E-state index contributed by atoms with van der Waals surface area (Å²) in [6.07, 6.45) is 1.50. The van der Waals surface area contributed by atoms with E-state index < -0.39 is 0 Å². The SMILES string of the molecule is Cc1c(Br)ccc2c1nnn2CCOCCOC1CCN(C(=O)OCc2ccccc2)CC1. The van der Waals surface area contributed by atoms with Crippen LogP contribution in [0, 0.1) is 6.92 Å². The van der Waals surface area contributed by atoms with Gasteiger partial charge in [-0.05, 0) is 43.0 Å². The minimum atomic E-state index is -0.260. The third kappa shape index (κ3) is 6.31. The van der Waals surface area contributed by atoms with Gasteiger partial charge in [-0.1, -0.05) is 51.5 Å². The number of carbonyl (C=O) groups excluding carboxylic acids is 1. The lowest BCUT2D eigenvalue weighted by Crippen LogP contribution is -2.41. The van der Waals surface area contributed by atoms with Crippen molar-refractivity contribution in [2.45, 2.75) is 39.0 Å². The summed E-state index contributed by atoms with van der Waals surface area (Å²) >= 11 is 3.52. The van der Waals surface area contributed by atoms with Gasteiger partial charge in [0, 0.05) is 17.6 Å². The van der Waals surface area contributed by atoms with Crippen LogP contribution in [0.1, 0.15) is 24.0 Å². The van der Waals surface area contributed by atoms with E-state index in [0.29, 0.717) is 46.1 Å². The Morgan fingerprint density at radius 3 is 2.67 bits per heavy atom. The fourth-order valence-electron chi connectivity index (χ4n) is 3.85. The highest BCUT2D eigenvalue weighted by Crippen LogP contribution is 2.23. The molecule has 2 aromatic carbocycles. The second kappa shape index (κ2) is 11.6. The van der Waals surface area contributed by atoms with Gasteiger partial charge in [0.25, 0.3) is 0 Å². The van der Waals surface area contributed by atoms with Gasteiger partial charge < -0.3 is 19.1 Å². The van der Waals surface area contributed by atoms with E-state index >= 15 is 0 Å². The molecule has 9 heteroatoms. The number of likely N-dealkylation sites (tertiary alicyclic amines) is 1. The van der Waals surface area contributed by atoms with E-state index in [1.54, 1.807) is 4.90 Å². The molecule has 4 rings (SSSR count). The van der Waals surface area contributed by atoms with Crippen molar-refractivity contribution in [3.8, 4) is 0 Å². The highest BCUT2D eigenvalue weighted by Gasteiger charge is 2.24. The molecule has 1 aromatic heterocycles. The molecule has 1 saturated heterocycles. The van der Waals surface area contributed by atoms with Crippen LogP contribution in [-0.4, -0.2) is 65.0 Å². The number of aromatic nitrogens is 3. The predicted octanol–water partition coefficient (Wildman–Crippen LogP) is 4.34. The van der Waals surface area contributed by atoms with E-state index in [1.165, 1.54) is 0 Å². The van der Waals surface area contributed by atoms with Gasteiger partial charge in [-0.3, -0.25) is 0 Å². The normalized spacial score (nSPS) is 14.7. The second-order valence-corrected chi connectivity index (χ2v) is 8.92. The maximum atomic E-state index is 12.3. The molecule has 0 radical (unpaired) electrons. The van der Waals surface area contributed by atoms with E-state index in [9.17, 15) is 4.79 Å². The zero-order chi connectivity index (χ0) is 23.0. The highest BCUT2D eigenvalue weighted by molar-refractivity contribution is 9.10. The van der Waals surface area contributed by atoms with Gasteiger partial charge in [0.1, 0.15) is 12.1 Å². The lowest BCUT2D eigenvalue weighted by Gasteiger charge is -2.31. The van der Waals surface area contributed by atoms with Crippen LogP contribution in [0.25, 0.3) is 11.0 Å². The molecular formula is C24H29BrN4O4. The molecule has 0 N–H and O–H groups in total. The quantitative estimate of drug-likeness (QED) is 0.393. The van der Waals surface area contributed by atoms with Gasteiger partial charge in [-0.25, -0.2) is 9.48 Å². The molecule has 3 aromatic rings. The minimum Gasteiger partial charge on any atom is -0.445 e. The molecular weight excluding hydrogens is 488 g/mol. The Bertz CT molecular complexity index is 1050. The number of ether oxygens (including phenoxy) is 3. The maximum absolute atomic E-state index is 12.3. The van der Waals surface area contributed by atoms with Crippen molar-refractivity contribution in [1.29, 1.82) is 0 Å². The first-order chi connectivity index (χ1) is 16.1. The first-order valence-corrected chi connectivity index (χ1v) is 12.0. The first-order valence-electron chi connectivity index (χ1n) is 11.2. The van der Waals surface area contributed by atoms with Crippen molar-refractivity contribution >= 4 is 33.1 Å². The molecule has 0 bridgehead atoms. The number of amides is 1. The van der Waals surface area contributed by atoms with Crippen LogP contribution in [0.5, 0.6) is 0 Å². The lowest BCUT2D eigenvalue weighted by atomic mass is 10.1. The number of piperidine rings is 1. The molecule has 0 unspecified atom stereocenters. The van der Waals surface area contributed by atoms with Crippen LogP contribution in [0.15, 0.2) is 46.9 Å². The van der Waals surface area contributed by atoms with Crippen LogP contribution in [0.3, 0.4) is 0 Å². The van der Waals surface area contributed by atoms with Gasteiger partial charge in [0.2, 0.25) is 0 Å². The molecule has 8 nitrogen and oxygen atoms in total. The topological polar surface area (TPSA) is 78.7 Å². The molecule has 0 aliphatic carbocycles. The van der Waals surface area contributed by atoms with E-state index in [2.05, 4.69) is 26.2 Å². The molecule has 1 fully saturated rings. The third-order valence-corrected chi connectivity index (χ3v) is 6.67. The second-order valence-electron chi connectivity index (χ2n) is 8.06. The number of halogens is 1. The summed E-state index contributed by atoms with van der Waals surface area (Å²) in [5, 5.41) is 8.50. The highest BCUT2D eigenvalue weighted by atomic mass is 79.9. The van der Waals surface area contributed by atoms with Crippen molar-refractivity contribution in [2.75, 3.05) is 32.9 Å². The zero-order valence-electron chi connectivity index (χ0n) is 18.8. The summed E-state index contributed by atoms with van der Waals surface area (Å²) in [5.41, 5.74) is 3.99. The van der Waals surface area contributed by atoms with Crippen LogP contribution in [0.2, 0.25) is 0 Å². The Kier molecular flexibility index (Phi) is 8.30. The number of hydrogen-bond acceptors (Lipinski definition) is 6. The van der Waals surface area contributed by atoms with Crippen LogP contribution in [0.4, 0.5) is 4.79 Å². The van der Waals surface area contributed by atoms with Crippen molar-refractivity contribution in [3.05, 3.63) is 58.1 Å². The molecule has 1 aliphatic heterocycles. The summed E-state index contributed by atoms with van der Waals surface area (Å²) < 4.78 is 20.0. The van der Waals surface area contributed by atoms with Crippen LogP contribution in [-0.2, 0) is 27.4 Å². The fourth-order valence-corrected chi connectivity index (χ4v) is 4.17. The molecule has 33 heavy (non-hydrogen) atoms. The standard InChI is InChI=1S/C24H29BrN4O4/c1-18-21(25)7-8-22-23(18)26-27-29(22)13-14-31-15-16-32-20-9-11-28(12-10-20)24(30)33-17-19-5-3-2-4-6-19/h2-8,20H,9-17H2,1H3. The Morgan fingerprint density at radius 2 is 1.88 bits per heavy atom. The molecule has 1 amide bonds. The van der Waals surface area contributed by atoms with Gasteiger partial charge in [-0.2, -0.15) is 0 Å². The predicted molar refractivity (Wildman–Crippen MR) is 128 cm³/mol.